The minimum atomic E-state index is -0.490. The van der Waals surface area contributed by atoms with Crippen LogP contribution in [-0.2, 0) is 0 Å². The fourth-order valence-electron chi connectivity index (χ4n) is 1.58. The summed E-state index contributed by atoms with van der Waals surface area (Å²) in [6.07, 6.45) is 1.93. The van der Waals surface area contributed by atoms with Crippen LogP contribution in [0.5, 0.6) is 0 Å². The number of nitrogens with one attached hydrogen (secondary N) is 1. The van der Waals surface area contributed by atoms with Crippen LogP contribution in [0.1, 0.15) is 0 Å². The first-order valence-corrected chi connectivity index (χ1v) is 6.65. The van der Waals surface area contributed by atoms with Gasteiger partial charge in [-0.2, -0.15) is 0 Å². The molecule has 19 heavy (non-hydrogen) atoms. The Labute approximate surface area is 114 Å². The van der Waals surface area contributed by atoms with Crippen LogP contribution >= 0.6 is 11.8 Å². The third-order valence-corrected chi connectivity index (χ3v) is 3.25. The summed E-state index contributed by atoms with van der Waals surface area (Å²) in [5.41, 5.74) is 6.23. The molecule has 0 unspecified atom stereocenters. The van der Waals surface area contributed by atoms with Crippen LogP contribution in [0, 0.1) is 10.1 Å². The second kappa shape index (κ2) is 5.57. The molecule has 0 aliphatic rings. The fraction of sp³-hybridized carbons (Fsp3) is 0.0833. The van der Waals surface area contributed by atoms with Crippen LogP contribution in [-0.4, -0.2) is 16.2 Å². The van der Waals surface area contributed by atoms with Crippen LogP contribution in [0.2, 0.25) is 0 Å². The number of hydrogen-bond donors (Lipinski definition) is 2. The van der Waals surface area contributed by atoms with E-state index in [1.54, 1.807) is 11.8 Å². The lowest BCUT2D eigenvalue weighted by Gasteiger charge is -2.10. The van der Waals surface area contributed by atoms with Gasteiger partial charge in [0.05, 0.1) is 10.6 Å². The maximum atomic E-state index is 11.0. The average molecular weight is 276 g/mol. The van der Waals surface area contributed by atoms with Gasteiger partial charge in [0.1, 0.15) is 5.82 Å². The molecule has 0 fully saturated rings. The minimum absolute atomic E-state index is 0.106. The third kappa shape index (κ3) is 2.94. The quantitative estimate of drug-likeness (QED) is 0.506. The zero-order valence-electron chi connectivity index (χ0n) is 10.2. The van der Waals surface area contributed by atoms with E-state index in [1.807, 2.05) is 30.5 Å². The van der Waals surface area contributed by atoms with Crippen molar-refractivity contribution in [3.63, 3.8) is 0 Å². The minimum Gasteiger partial charge on any atom is -0.384 e. The summed E-state index contributed by atoms with van der Waals surface area (Å²) >= 11 is 1.54. The zero-order chi connectivity index (χ0) is 13.8. The van der Waals surface area contributed by atoms with E-state index in [1.165, 1.54) is 12.1 Å². The van der Waals surface area contributed by atoms with Gasteiger partial charge >= 0.3 is 5.69 Å². The first-order chi connectivity index (χ1) is 9.11. The normalized spacial score (nSPS) is 10.2. The molecule has 0 radical (unpaired) electrons. The van der Waals surface area contributed by atoms with Gasteiger partial charge in [0.2, 0.25) is 5.82 Å². The van der Waals surface area contributed by atoms with Crippen molar-refractivity contribution in [3.8, 4) is 0 Å². The van der Waals surface area contributed by atoms with Crippen LogP contribution in [0.4, 0.5) is 23.0 Å². The molecule has 0 aliphatic heterocycles. The summed E-state index contributed by atoms with van der Waals surface area (Å²) in [6.45, 7) is 0. The number of hydrogen-bond acceptors (Lipinski definition) is 6. The van der Waals surface area contributed by atoms with E-state index in [2.05, 4.69) is 10.3 Å². The molecule has 6 nitrogen and oxygen atoms in total. The number of nitrogen functional groups attached to an aromatic ring is 1. The number of rotatable bonds is 4. The predicted molar refractivity (Wildman–Crippen MR) is 76.8 cm³/mol. The molecule has 98 valence electrons. The van der Waals surface area contributed by atoms with Gasteiger partial charge in [-0.1, -0.05) is 12.1 Å². The number of thioether (sulfide) groups is 1. The van der Waals surface area contributed by atoms with Crippen LogP contribution < -0.4 is 11.1 Å². The first-order valence-electron chi connectivity index (χ1n) is 5.43. The Hall–Kier alpha value is -2.28. The molecular formula is C12H12N4O2S. The SMILES string of the molecule is CSc1ccccc1Nc1nc(N)ccc1[N+](=O)[O-]. The molecule has 0 saturated carbocycles. The molecule has 2 rings (SSSR count). The number of nitrogens with two attached hydrogens (primary N) is 1. The zero-order valence-corrected chi connectivity index (χ0v) is 11.0. The lowest BCUT2D eigenvalue weighted by molar-refractivity contribution is -0.384. The van der Waals surface area contributed by atoms with E-state index in [-0.39, 0.29) is 17.3 Å². The molecule has 0 amide bonds. The number of nitro groups is 1. The molecule has 0 aliphatic carbocycles. The number of aromatic nitrogens is 1. The van der Waals surface area contributed by atoms with Crippen molar-refractivity contribution in [2.75, 3.05) is 17.3 Å². The van der Waals surface area contributed by atoms with Crippen LogP contribution in [0.3, 0.4) is 0 Å². The number of pyridine rings is 1. The topological polar surface area (TPSA) is 94.1 Å². The number of benzene rings is 1. The molecule has 2 aromatic rings. The summed E-state index contributed by atoms with van der Waals surface area (Å²) in [5.74, 6) is 0.376. The van der Waals surface area contributed by atoms with Crippen molar-refractivity contribution in [1.82, 2.24) is 4.98 Å². The van der Waals surface area contributed by atoms with Gasteiger partial charge in [-0.25, -0.2) is 4.98 Å². The van der Waals surface area contributed by atoms with Crippen molar-refractivity contribution < 1.29 is 4.92 Å². The monoisotopic (exact) mass is 276 g/mol. The Bertz CT molecular complexity index is 618. The van der Waals surface area contributed by atoms with E-state index < -0.39 is 4.92 Å². The highest BCUT2D eigenvalue weighted by molar-refractivity contribution is 7.98. The van der Waals surface area contributed by atoms with Gasteiger partial charge < -0.3 is 11.1 Å². The standard InChI is InChI=1S/C12H12N4O2S/c1-19-10-5-3-2-4-8(10)14-12-9(16(17)18)6-7-11(13)15-12/h2-7H,1H3,(H3,13,14,15). The molecule has 0 bridgehead atoms. The Kier molecular flexibility index (Phi) is 3.86. The van der Waals surface area contributed by atoms with E-state index in [9.17, 15) is 10.1 Å². The van der Waals surface area contributed by atoms with Crippen molar-refractivity contribution in [2.45, 2.75) is 4.90 Å². The Morgan fingerprint density at radius 3 is 2.74 bits per heavy atom. The van der Waals surface area contributed by atoms with Gasteiger partial charge in [0.25, 0.3) is 0 Å². The van der Waals surface area contributed by atoms with Gasteiger partial charge in [0.15, 0.2) is 0 Å². The van der Waals surface area contributed by atoms with E-state index in [0.29, 0.717) is 0 Å². The van der Waals surface area contributed by atoms with Crippen molar-refractivity contribution in [1.29, 1.82) is 0 Å². The van der Waals surface area contributed by atoms with Gasteiger partial charge in [-0.05, 0) is 24.5 Å². The van der Waals surface area contributed by atoms with E-state index in [4.69, 9.17) is 5.73 Å². The van der Waals surface area contributed by atoms with E-state index in [0.717, 1.165) is 10.6 Å². The highest BCUT2D eigenvalue weighted by atomic mass is 32.2. The molecule has 0 saturated heterocycles. The average Bonchev–Trinajstić information content (AvgIpc) is 2.39. The van der Waals surface area contributed by atoms with Crippen LogP contribution in [0.25, 0.3) is 0 Å². The van der Waals surface area contributed by atoms with Crippen molar-refractivity contribution in [3.05, 3.63) is 46.5 Å². The molecule has 3 N–H and O–H groups in total. The highest BCUT2D eigenvalue weighted by Crippen LogP contribution is 2.31. The van der Waals surface area contributed by atoms with Gasteiger partial charge in [-0.15, -0.1) is 11.8 Å². The summed E-state index contributed by atoms with van der Waals surface area (Å²) in [7, 11) is 0. The molecule has 0 spiro atoms. The van der Waals surface area contributed by atoms with Crippen molar-refractivity contribution in [2.24, 2.45) is 0 Å². The molecule has 0 atom stereocenters. The molecular weight excluding hydrogens is 264 g/mol. The summed E-state index contributed by atoms with van der Waals surface area (Å²) in [6, 6.07) is 10.3. The molecule has 1 heterocycles. The maximum absolute atomic E-state index is 11.0. The number of nitrogens with zero attached hydrogens (tertiary/aromatic N) is 2. The second-order valence-corrected chi connectivity index (χ2v) is 4.53. The van der Waals surface area contributed by atoms with Crippen molar-refractivity contribution >= 4 is 34.8 Å². The van der Waals surface area contributed by atoms with Gasteiger partial charge in [0, 0.05) is 11.0 Å². The summed E-state index contributed by atoms with van der Waals surface area (Å²) < 4.78 is 0. The lowest BCUT2D eigenvalue weighted by Crippen LogP contribution is -2.02. The largest absolute Gasteiger partial charge is 0.384 e. The van der Waals surface area contributed by atoms with Crippen LogP contribution in [0.15, 0.2) is 41.3 Å². The molecule has 1 aromatic heterocycles. The number of anilines is 3. The number of para-hydroxylation sites is 1. The Balaban J connectivity index is 2.42. The highest BCUT2D eigenvalue weighted by Gasteiger charge is 2.16. The lowest BCUT2D eigenvalue weighted by atomic mass is 10.3. The molecule has 1 aromatic carbocycles. The maximum Gasteiger partial charge on any atom is 0.311 e. The fourth-order valence-corrected chi connectivity index (χ4v) is 2.14. The third-order valence-electron chi connectivity index (χ3n) is 2.45. The first kappa shape index (κ1) is 13.2. The predicted octanol–water partition coefficient (Wildman–Crippen LogP) is 3.04. The van der Waals surface area contributed by atoms with Gasteiger partial charge in [-0.3, -0.25) is 10.1 Å². The summed E-state index contributed by atoms with van der Waals surface area (Å²) in [4.78, 5) is 15.4. The second-order valence-electron chi connectivity index (χ2n) is 3.69. The molecule has 7 heteroatoms. The smallest absolute Gasteiger partial charge is 0.311 e. The van der Waals surface area contributed by atoms with E-state index >= 15 is 0 Å². The Morgan fingerprint density at radius 1 is 1.32 bits per heavy atom. The summed E-state index contributed by atoms with van der Waals surface area (Å²) in [5, 5.41) is 13.9. The Morgan fingerprint density at radius 2 is 2.05 bits per heavy atom.